The van der Waals surface area contributed by atoms with Gasteiger partial charge >= 0.3 is 5.97 Å². The largest absolute Gasteiger partial charge is 0.478 e. The van der Waals surface area contributed by atoms with Crippen LogP contribution in [-0.4, -0.2) is 34.0 Å². The molecule has 1 atom stereocenters. The van der Waals surface area contributed by atoms with Crippen LogP contribution in [0.2, 0.25) is 0 Å². The molecule has 0 radical (unpaired) electrons. The van der Waals surface area contributed by atoms with Crippen molar-refractivity contribution in [3.63, 3.8) is 0 Å². The molecule has 1 unspecified atom stereocenters. The van der Waals surface area contributed by atoms with Gasteiger partial charge < -0.3 is 15.3 Å². The molecule has 1 aliphatic rings. The lowest BCUT2D eigenvalue weighted by atomic mass is 9.87. The number of carboxylic acid groups (broad SMARTS) is 1. The van der Waals surface area contributed by atoms with Gasteiger partial charge in [-0.3, -0.25) is 0 Å². The molecule has 3 N–H and O–H groups in total. The Morgan fingerprint density at radius 2 is 2.00 bits per heavy atom. The highest BCUT2D eigenvalue weighted by molar-refractivity contribution is 5.93. The van der Waals surface area contributed by atoms with Crippen molar-refractivity contribution < 1.29 is 20.1 Å². The molecular weight excluding hydrogens is 196 g/mol. The molecule has 0 spiro atoms. The van der Waals surface area contributed by atoms with Crippen molar-refractivity contribution >= 4 is 5.97 Å². The van der Waals surface area contributed by atoms with E-state index in [0.717, 1.165) is 5.57 Å². The van der Waals surface area contributed by atoms with Crippen molar-refractivity contribution in [3.8, 4) is 0 Å². The molecule has 15 heavy (non-hydrogen) atoms. The van der Waals surface area contributed by atoms with Crippen LogP contribution in [0.1, 0.15) is 13.8 Å². The smallest absolute Gasteiger partial charge is 0.336 e. The molecule has 0 fully saturated rings. The minimum atomic E-state index is -1.07. The third-order valence-electron chi connectivity index (χ3n) is 2.33. The van der Waals surface area contributed by atoms with Gasteiger partial charge in [-0.2, -0.15) is 0 Å². The molecule has 0 bridgehead atoms. The number of hydrogen-bond acceptors (Lipinski definition) is 3. The first-order valence-corrected chi connectivity index (χ1v) is 4.59. The summed E-state index contributed by atoms with van der Waals surface area (Å²) in [6, 6.07) is 0. The molecule has 1 aliphatic carbocycles. The lowest BCUT2D eigenvalue weighted by molar-refractivity contribution is -0.132. The fourth-order valence-corrected chi connectivity index (χ4v) is 1.57. The van der Waals surface area contributed by atoms with Crippen molar-refractivity contribution in [2.75, 3.05) is 6.61 Å². The Hall–Kier alpha value is -1.39. The lowest BCUT2D eigenvalue weighted by Gasteiger charge is -2.22. The number of hydrogen-bond donors (Lipinski definition) is 3. The van der Waals surface area contributed by atoms with Crippen LogP contribution in [0.4, 0.5) is 0 Å². The highest BCUT2D eigenvalue weighted by atomic mass is 16.4. The predicted octanol–water partition coefficient (Wildman–Crippen LogP) is 0.627. The standard InChI is InChI=1S/C11H14O4/c1-6(2)9-8(11(14)15)4-3-7(5-12)10(9)13/h3-4,10,12-13H,5H2,1-2H3,(H,14,15). The molecule has 0 aromatic rings. The highest BCUT2D eigenvalue weighted by Gasteiger charge is 2.26. The van der Waals surface area contributed by atoms with Crippen molar-refractivity contribution in [1.29, 1.82) is 0 Å². The Morgan fingerprint density at radius 1 is 1.40 bits per heavy atom. The number of aliphatic hydroxyl groups excluding tert-OH is 2. The van der Waals surface area contributed by atoms with Crippen molar-refractivity contribution in [2.45, 2.75) is 20.0 Å². The van der Waals surface area contributed by atoms with Gasteiger partial charge in [-0.05, 0) is 31.1 Å². The highest BCUT2D eigenvalue weighted by Crippen LogP contribution is 2.27. The summed E-state index contributed by atoms with van der Waals surface area (Å²) in [5, 5.41) is 27.7. The van der Waals surface area contributed by atoms with E-state index in [4.69, 9.17) is 10.2 Å². The van der Waals surface area contributed by atoms with Crippen LogP contribution in [0.25, 0.3) is 0 Å². The molecule has 0 heterocycles. The van der Waals surface area contributed by atoms with E-state index in [1.165, 1.54) is 12.2 Å². The Labute approximate surface area is 87.9 Å². The predicted molar refractivity (Wildman–Crippen MR) is 55.3 cm³/mol. The van der Waals surface area contributed by atoms with Gasteiger partial charge in [-0.25, -0.2) is 4.79 Å². The molecular formula is C11H14O4. The van der Waals surface area contributed by atoms with E-state index in [-0.39, 0.29) is 12.2 Å². The third kappa shape index (κ3) is 2.16. The monoisotopic (exact) mass is 210 g/mol. The number of rotatable bonds is 2. The molecule has 1 rings (SSSR count). The Morgan fingerprint density at radius 3 is 2.40 bits per heavy atom. The SMILES string of the molecule is CC(C)=C1C(C(=O)O)=CC=C(CO)C1O. The van der Waals surface area contributed by atoms with Gasteiger partial charge in [0.1, 0.15) is 6.10 Å². The zero-order valence-electron chi connectivity index (χ0n) is 8.69. The fourth-order valence-electron chi connectivity index (χ4n) is 1.57. The van der Waals surface area contributed by atoms with Gasteiger partial charge in [-0.15, -0.1) is 0 Å². The summed E-state index contributed by atoms with van der Waals surface area (Å²) in [5.41, 5.74) is 1.60. The van der Waals surface area contributed by atoms with Crippen LogP contribution in [0.3, 0.4) is 0 Å². The molecule has 0 aromatic heterocycles. The fraction of sp³-hybridized carbons (Fsp3) is 0.364. The van der Waals surface area contributed by atoms with Gasteiger partial charge in [0.25, 0.3) is 0 Å². The minimum Gasteiger partial charge on any atom is -0.478 e. The zero-order chi connectivity index (χ0) is 11.6. The molecule has 0 amide bonds. The molecule has 0 aromatic carbocycles. The molecule has 0 saturated heterocycles. The van der Waals surface area contributed by atoms with Gasteiger partial charge in [0.05, 0.1) is 12.2 Å². The van der Waals surface area contributed by atoms with Gasteiger partial charge in [0.2, 0.25) is 0 Å². The minimum absolute atomic E-state index is 0.0831. The maximum absolute atomic E-state index is 10.9. The van der Waals surface area contributed by atoms with E-state index in [2.05, 4.69) is 0 Å². The lowest BCUT2D eigenvalue weighted by Crippen LogP contribution is -2.24. The van der Waals surface area contributed by atoms with Crippen molar-refractivity contribution in [2.24, 2.45) is 0 Å². The van der Waals surface area contributed by atoms with Crippen molar-refractivity contribution in [3.05, 3.63) is 34.4 Å². The molecule has 4 heteroatoms. The number of aliphatic hydroxyl groups is 2. The number of allylic oxidation sites excluding steroid dienone is 3. The van der Waals surface area contributed by atoms with Gasteiger partial charge in [-0.1, -0.05) is 11.6 Å². The van der Waals surface area contributed by atoms with Crippen LogP contribution in [0, 0.1) is 0 Å². The van der Waals surface area contributed by atoms with Crippen molar-refractivity contribution in [1.82, 2.24) is 0 Å². The van der Waals surface area contributed by atoms with E-state index in [0.29, 0.717) is 11.1 Å². The van der Waals surface area contributed by atoms with Crippen LogP contribution < -0.4 is 0 Å². The van der Waals surface area contributed by atoms with Gasteiger partial charge in [0.15, 0.2) is 0 Å². The number of aliphatic carboxylic acids is 1. The second kappa shape index (κ2) is 4.42. The van der Waals surface area contributed by atoms with E-state index in [1.807, 2.05) is 0 Å². The molecule has 0 aliphatic heterocycles. The van der Waals surface area contributed by atoms with Crippen LogP contribution in [-0.2, 0) is 4.79 Å². The van der Waals surface area contributed by atoms with Crippen LogP contribution in [0.15, 0.2) is 34.4 Å². The summed E-state index contributed by atoms with van der Waals surface area (Å²) in [6.45, 7) is 3.19. The topological polar surface area (TPSA) is 77.8 Å². The summed E-state index contributed by atoms with van der Waals surface area (Å²) in [6.07, 6.45) is 1.83. The van der Waals surface area contributed by atoms with Crippen LogP contribution >= 0.6 is 0 Å². The normalized spacial score (nSPS) is 20.8. The number of carboxylic acids is 1. The second-order valence-electron chi connectivity index (χ2n) is 3.60. The molecule has 0 saturated carbocycles. The summed E-state index contributed by atoms with van der Waals surface area (Å²) in [4.78, 5) is 10.9. The Kier molecular flexibility index (Phi) is 3.44. The summed E-state index contributed by atoms with van der Waals surface area (Å²) >= 11 is 0. The van der Waals surface area contributed by atoms with E-state index >= 15 is 0 Å². The maximum atomic E-state index is 10.9. The van der Waals surface area contributed by atoms with Crippen LogP contribution in [0.5, 0.6) is 0 Å². The van der Waals surface area contributed by atoms with Gasteiger partial charge in [0, 0.05) is 0 Å². The number of carbonyl (C=O) groups is 1. The third-order valence-corrected chi connectivity index (χ3v) is 2.33. The van der Waals surface area contributed by atoms with E-state index in [1.54, 1.807) is 13.8 Å². The second-order valence-corrected chi connectivity index (χ2v) is 3.60. The summed E-state index contributed by atoms with van der Waals surface area (Å²) < 4.78 is 0. The molecule has 4 nitrogen and oxygen atoms in total. The maximum Gasteiger partial charge on any atom is 0.336 e. The molecule has 82 valence electrons. The average Bonchev–Trinajstić information content (AvgIpc) is 2.16. The first-order valence-electron chi connectivity index (χ1n) is 4.59. The summed E-state index contributed by atoms with van der Waals surface area (Å²) in [7, 11) is 0. The summed E-state index contributed by atoms with van der Waals surface area (Å²) in [5.74, 6) is -1.07. The van der Waals surface area contributed by atoms with E-state index < -0.39 is 12.1 Å². The first-order chi connectivity index (χ1) is 6.99. The average molecular weight is 210 g/mol. The Balaban J connectivity index is 3.27. The first kappa shape index (κ1) is 11.7. The Bertz CT molecular complexity index is 370. The quantitative estimate of drug-likeness (QED) is 0.624. The van der Waals surface area contributed by atoms with E-state index in [9.17, 15) is 9.90 Å². The zero-order valence-corrected chi connectivity index (χ0v) is 8.69.